The molecule has 3 rings (SSSR count). The number of amides is 6. The van der Waals surface area contributed by atoms with Gasteiger partial charge in [-0.2, -0.15) is 0 Å². The first-order chi connectivity index (χ1) is 64.2. The number of Topliss-reactive ketones (excluding diaryl/α,β-unsaturated/α-hetero) is 6. The minimum atomic E-state index is -1.21. The van der Waals surface area contributed by atoms with Gasteiger partial charge < -0.3 is 105 Å². The number of unbranched alkanes of at least 4 members (excludes halogenated alkanes) is 14. The van der Waals surface area contributed by atoms with Crippen LogP contribution in [-0.4, -0.2) is 282 Å². The van der Waals surface area contributed by atoms with Crippen LogP contribution in [0.25, 0.3) is 0 Å². The van der Waals surface area contributed by atoms with Crippen LogP contribution in [0.15, 0.2) is 61.1 Å². The lowest BCUT2D eigenvalue weighted by Gasteiger charge is -2.21. The van der Waals surface area contributed by atoms with Gasteiger partial charge in [0.2, 0.25) is 35.4 Å². The van der Waals surface area contributed by atoms with Crippen molar-refractivity contribution in [2.45, 2.75) is 251 Å². The Balaban J connectivity index is 1.16. The van der Waals surface area contributed by atoms with Crippen molar-refractivity contribution >= 4 is 94.0 Å². The fourth-order valence-corrected chi connectivity index (χ4v) is 13.6. The van der Waals surface area contributed by atoms with Gasteiger partial charge in [-0.25, -0.2) is 19.4 Å². The Kier molecular flexibility index (Phi) is 66.7. The maximum absolute atomic E-state index is 14.0. The van der Waals surface area contributed by atoms with E-state index in [1.807, 2.05) is 0 Å². The lowest BCUT2D eigenvalue weighted by molar-refractivity contribution is -0.144. The summed E-state index contributed by atoms with van der Waals surface area (Å²) in [6, 6.07) is 10.5. The van der Waals surface area contributed by atoms with Gasteiger partial charge in [-0.3, -0.25) is 62.3 Å². The van der Waals surface area contributed by atoms with Crippen LogP contribution in [0.2, 0.25) is 0 Å². The summed E-state index contributed by atoms with van der Waals surface area (Å²) in [5.74, 6) is -8.88. The van der Waals surface area contributed by atoms with Crippen molar-refractivity contribution in [1.29, 1.82) is 0 Å². The van der Waals surface area contributed by atoms with Crippen LogP contribution in [0.1, 0.15) is 259 Å². The van der Waals surface area contributed by atoms with E-state index in [1.54, 1.807) is 37.4 Å². The number of carbonyl (C=O) groups excluding carboxylic acids is 12. The Labute approximate surface area is 779 Å². The molecular formula is C95H146N8O30. The first-order valence-electron chi connectivity index (χ1n) is 46.9. The van der Waals surface area contributed by atoms with Crippen LogP contribution in [-0.2, 0) is 111 Å². The molecular weight excluding hydrogens is 1730 g/mol. The van der Waals surface area contributed by atoms with E-state index in [1.165, 1.54) is 37.5 Å². The molecule has 3 aromatic rings. The van der Waals surface area contributed by atoms with E-state index in [2.05, 4.69) is 41.9 Å². The normalized spacial score (nSPS) is 12.3. The number of aromatic nitrogens is 2. The number of ether oxygens (including phenoxy) is 10. The van der Waals surface area contributed by atoms with Crippen molar-refractivity contribution < 1.29 is 145 Å². The molecule has 6 amide bonds. The van der Waals surface area contributed by atoms with Gasteiger partial charge in [0.1, 0.15) is 67.1 Å². The number of aryl methyl sites for hydroxylation is 1. The summed E-state index contributed by atoms with van der Waals surface area (Å²) in [5.41, 5.74) is 1.16. The van der Waals surface area contributed by atoms with E-state index in [4.69, 9.17) is 57.6 Å². The highest BCUT2D eigenvalue weighted by atomic mass is 16.5. The van der Waals surface area contributed by atoms with Crippen LogP contribution in [0.4, 0.5) is 0 Å². The van der Waals surface area contributed by atoms with Crippen LogP contribution in [0.3, 0.4) is 0 Å². The molecule has 0 unspecified atom stereocenters. The van der Waals surface area contributed by atoms with Crippen LogP contribution in [0.5, 0.6) is 11.5 Å². The first-order valence-corrected chi connectivity index (χ1v) is 46.9. The zero-order valence-corrected chi connectivity index (χ0v) is 77.8. The van der Waals surface area contributed by atoms with Gasteiger partial charge in [0, 0.05) is 127 Å². The molecule has 0 aliphatic carbocycles. The number of aromatic carboxylic acids is 2. The molecule has 0 saturated carbocycles. The number of rotatable bonds is 90. The molecule has 5 atom stereocenters. The van der Waals surface area contributed by atoms with E-state index in [0.717, 1.165) is 82.7 Å². The second-order valence-electron chi connectivity index (χ2n) is 32.7. The minimum absolute atomic E-state index is 0.0135. The monoisotopic (exact) mass is 1880 g/mol. The summed E-state index contributed by atoms with van der Waals surface area (Å²) < 4.78 is 55.0. The number of aliphatic carboxylic acids is 2. The number of carbonyl (C=O) groups is 16. The number of H-pyrrole nitrogens is 1. The number of carboxylic acids is 4. The average molecular weight is 1880 g/mol. The van der Waals surface area contributed by atoms with Gasteiger partial charge >= 0.3 is 23.9 Å². The zero-order chi connectivity index (χ0) is 97.1. The fraction of sp³-hybridized carbons (Fsp3) is 0.674. The molecule has 0 fully saturated rings. The molecule has 38 heteroatoms. The quantitative estimate of drug-likeness (QED) is 0.0235. The smallest absolute Gasteiger partial charge is 0.335 e. The molecule has 11 N–H and O–H groups in total. The van der Waals surface area contributed by atoms with Crippen LogP contribution >= 0.6 is 0 Å². The molecule has 0 aliphatic heterocycles. The second-order valence-corrected chi connectivity index (χ2v) is 32.7. The van der Waals surface area contributed by atoms with Crippen molar-refractivity contribution in [2.75, 3.05) is 145 Å². The van der Waals surface area contributed by atoms with Crippen molar-refractivity contribution in [3.8, 4) is 11.5 Å². The summed E-state index contributed by atoms with van der Waals surface area (Å²) >= 11 is 0. The summed E-state index contributed by atoms with van der Waals surface area (Å²) in [7, 11) is 0. The summed E-state index contributed by atoms with van der Waals surface area (Å²) in [5, 5.41) is 53.5. The number of nitrogens with zero attached hydrogens (tertiary/aromatic N) is 1. The molecule has 746 valence electrons. The van der Waals surface area contributed by atoms with Gasteiger partial charge in [-0.1, -0.05) is 77.0 Å². The number of hydrogen-bond acceptors (Lipinski definition) is 27. The summed E-state index contributed by atoms with van der Waals surface area (Å²) in [6.07, 6.45) is 19.9. The molecule has 2 aromatic carbocycles. The topological polar surface area (TPSA) is 547 Å². The van der Waals surface area contributed by atoms with Crippen LogP contribution in [0, 0.1) is 17.8 Å². The molecule has 0 radical (unpaired) electrons. The minimum Gasteiger partial charge on any atom is -0.494 e. The Morgan fingerprint density at radius 2 is 0.767 bits per heavy atom. The van der Waals surface area contributed by atoms with E-state index in [0.29, 0.717) is 88.9 Å². The number of carboxylic acid groups (broad SMARTS) is 4. The van der Waals surface area contributed by atoms with Gasteiger partial charge in [0.05, 0.1) is 109 Å². The maximum atomic E-state index is 14.0. The standard InChI is InChI=1S/C95H146N8O30/c1-70(102-88(112)42-34-77-64-96-69-101-77)84(108)63-75(24-16-18-44-98-89(113)66-129-58-54-125-48-22-27-80(107)65-128-57-55-126-51-45-99-86(110)41-33-76(94(120)121)61-79(106)25-13-9-5-3-7-11-19-49-132-81-36-29-72(30-37-81)92(116)117)85(109)62-74(71(2)104)23-15-17-43-97-90(114)67-131-60-56-127-52-46-100-91(115)68-130-59-53-124-47-21-26-78(105)35-40-83(95(122)123)103-87(111)28-14-10-6-4-8-12-20-50-133-82-38-31-73(32-39-82)93(118)119/h29-32,36-39,64,69-70,74-76,83H,3-28,33-35,40-63,65-68H2,1-2H3,(H,96,101)(H,97,114)(H,98,113)(H,99,110)(H,100,115)(H,102,112)(H,103,111)(H,116,117)(H,118,119)(H,120,121)(H,122,123)/t70-,74+,75+,76+,83-/m0/s1. The summed E-state index contributed by atoms with van der Waals surface area (Å²) in [6.45, 7) is 6.16. The number of aromatic amines is 1. The van der Waals surface area contributed by atoms with Crippen molar-refractivity contribution in [1.82, 2.24) is 41.9 Å². The average Bonchev–Trinajstić information content (AvgIpc) is 1.20. The molecule has 1 heterocycles. The molecule has 133 heavy (non-hydrogen) atoms. The van der Waals surface area contributed by atoms with E-state index >= 15 is 0 Å². The molecule has 0 bridgehead atoms. The van der Waals surface area contributed by atoms with Gasteiger partial charge in [-0.05, 0) is 146 Å². The first kappa shape index (κ1) is 117. The highest BCUT2D eigenvalue weighted by Gasteiger charge is 2.30. The third-order valence-corrected chi connectivity index (χ3v) is 21.4. The van der Waals surface area contributed by atoms with Crippen molar-refractivity contribution in [2.24, 2.45) is 17.8 Å². The van der Waals surface area contributed by atoms with Crippen molar-refractivity contribution in [3.63, 3.8) is 0 Å². The molecule has 0 aliphatic rings. The van der Waals surface area contributed by atoms with E-state index < -0.39 is 53.7 Å². The third-order valence-electron chi connectivity index (χ3n) is 21.4. The SMILES string of the molecule is CC(=O)[C@H](CCCCNC(=O)COCCOCCNC(=O)COCCOCCCC(=O)CC[C@H](NC(=O)CCCCCCCCCOc1ccc(C(=O)O)cc1)C(=O)O)CC(=O)[C@H](CCCCNC(=O)COCCOCCCC(=O)COCCOCCNC(=O)CC[C@H](CC(=O)CCCCCCCCCOc1ccc(C(=O)O)cc1)C(=O)O)CC(=O)[C@H](C)NC(=O)CCc1cnc[nH]1. The largest absolute Gasteiger partial charge is 0.494 e. The number of benzene rings is 2. The number of nitrogens with one attached hydrogen (secondary N) is 7. The predicted octanol–water partition coefficient (Wildman–Crippen LogP) is 8.81. The number of hydrogen-bond donors (Lipinski definition) is 11. The highest BCUT2D eigenvalue weighted by molar-refractivity contribution is 5.95. The lowest BCUT2D eigenvalue weighted by Crippen LogP contribution is -2.41. The zero-order valence-electron chi connectivity index (χ0n) is 77.8. The molecule has 38 nitrogen and oxygen atoms in total. The fourth-order valence-electron chi connectivity index (χ4n) is 13.6. The molecule has 0 spiro atoms. The van der Waals surface area contributed by atoms with Gasteiger partial charge in [0.25, 0.3) is 0 Å². The van der Waals surface area contributed by atoms with Gasteiger partial charge in [-0.15, -0.1) is 0 Å². The maximum Gasteiger partial charge on any atom is 0.335 e. The Morgan fingerprint density at radius 1 is 0.338 bits per heavy atom. The van der Waals surface area contributed by atoms with Gasteiger partial charge in [0.15, 0.2) is 11.6 Å². The Morgan fingerprint density at radius 3 is 1.25 bits per heavy atom. The Hall–Kier alpha value is -10.4. The van der Waals surface area contributed by atoms with Crippen molar-refractivity contribution in [3.05, 3.63) is 77.9 Å². The second kappa shape index (κ2) is 76.0. The van der Waals surface area contributed by atoms with Crippen LogP contribution < -0.4 is 41.4 Å². The Bertz CT molecular complexity index is 3850. The third kappa shape index (κ3) is 63.5. The molecule has 0 saturated heterocycles. The summed E-state index contributed by atoms with van der Waals surface area (Å²) in [4.78, 5) is 205. The number of imidazole rings is 1. The number of ketones is 6. The lowest BCUT2D eigenvalue weighted by atomic mass is 9.83. The predicted molar refractivity (Wildman–Crippen MR) is 487 cm³/mol. The van der Waals surface area contributed by atoms with E-state index in [-0.39, 0.29) is 297 Å². The molecule has 1 aromatic heterocycles. The highest BCUT2D eigenvalue weighted by Crippen LogP contribution is 2.25. The van der Waals surface area contributed by atoms with E-state index in [9.17, 15) is 86.9 Å².